The van der Waals surface area contributed by atoms with E-state index in [1.54, 1.807) is 8.30 Å². The fourth-order valence-corrected chi connectivity index (χ4v) is 16.5. The third kappa shape index (κ3) is 2.00. The molecule has 0 spiro atoms. The van der Waals surface area contributed by atoms with Crippen molar-refractivity contribution in [3.8, 4) is 0 Å². The normalized spacial score (nSPS) is 15.6. The van der Waals surface area contributed by atoms with Crippen molar-refractivity contribution in [1.82, 2.24) is 0 Å². The molecule has 1 nitrogen and oxygen atoms in total. The standard InChI is InChI=1S/C15H17AsNP/c1-18(2,3)16-12-8-4-6-10-14(12)17-15-11-7-5-9-13(15)16/h4-11H,1-3H3. The van der Waals surface area contributed by atoms with Gasteiger partial charge >= 0.3 is 112 Å². The van der Waals surface area contributed by atoms with Crippen molar-refractivity contribution in [2.75, 3.05) is 20.0 Å². The fraction of sp³-hybridized carbons (Fsp3) is 0.200. The van der Waals surface area contributed by atoms with E-state index in [0.717, 1.165) is 0 Å². The summed E-state index contributed by atoms with van der Waals surface area (Å²) in [6.07, 6.45) is 0. The van der Waals surface area contributed by atoms with E-state index in [1.807, 2.05) is 0 Å². The molecule has 0 radical (unpaired) electrons. The number of hydrogen-bond donors (Lipinski definition) is 0. The van der Waals surface area contributed by atoms with Crippen LogP contribution >= 0.6 is 5.37 Å². The summed E-state index contributed by atoms with van der Waals surface area (Å²) in [5.41, 5.74) is 1.21. The summed E-state index contributed by atoms with van der Waals surface area (Å²) in [4.78, 5) is 4.83. The van der Waals surface area contributed by atoms with Crippen LogP contribution in [0.3, 0.4) is 0 Å². The summed E-state index contributed by atoms with van der Waals surface area (Å²) in [5.74, 6) is 0. The van der Waals surface area contributed by atoms with E-state index in [4.69, 9.17) is 4.99 Å². The zero-order chi connectivity index (χ0) is 12.8. The quantitative estimate of drug-likeness (QED) is 0.446. The van der Waals surface area contributed by atoms with Gasteiger partial charge in [0.15, 0.2) is 0 Å². The van der Waals surface area contributed by atoms with Crippen LogP contribution < -0.4 is 9.71 Å². The molecule has 1 unspecified atom stereocenters. The van der Waals surface area contributed by atoms with E-state index in [1.165, 1.54) is 11.0 Å². The summed E-state index contributed by atoms with van der Waals surface area (Å²) < 4.78 is 3.09. The van der Waals surface area contributed by atoms with E-state index in [2.05, 4.69) is 68.5 Å². The van der Waals surface area contributed by atoms with Crippen molar-refractivity contribution in [1.29, 1.82) is 0 Å². The molecule has 3 heteroatoms. The summed E-state index contributed by atoms with van der Waals surface area (Å²) in [6.45, 7) is 7.43. The number of benzene rings is 2. The molecule has 0 bridgehead atoms. The van der Waals surface area contributed by atoms with Crippen molar-refractivity contribution in [3.63, 3.8) is 0 Å². The number of para-hydroxylation sites is 2. The van der Waals surface area contributed by atoms with Gasteiger partial charge in [-0.2, -0.15) is 0 Å². The number of nitrogens with zero attached hydrogens (tertiary/aromatic N) is 1. The Morgan fingerprint density at radius 1 is 0.889 bits per heavy atom. The van der Waals surface area contributed by atoms with Gasteiger partial charge < -0.3 is 0 Å². The molecule has 0 N–H and O–H groups in total. The van der Waals surface area contributed by atoms with Crippen LogP contribution in [0.15, 0.2) is 53.5 Å². The second-order valence-electron chi connectivity index (χ2n) is 5.34. The average molecular weight is 317 g/mol. The topological polar surface area (TPSA) is 12.4 Å². The first kappa shape index (κ1) is 12.3. The van der Waals surface area contributed by atoms with Crippen molar-refractivity contribution in [2.45, 2.75) is 0 Å². The Kier molecular flexibility index (Phi) is 3.00. The molecule has 0 aliphatic carbocycles. The van der Waals surface area contributed by atoms with Gasteiger partial charge in [-0.15, -0.1) is 0 Å². The first-order valence-corrected chi connectivity index (χ1v) is 13.6. The molecule has 0 amide bonds. The molecule has 0 fully saturated rings. The van der Waals surface area contributed by atoms with Crippen LogP contribution in [0.25, 0.3) is 0 Å². The van der Waals surface area contributed by atoms with Crippen LogP contribution in [0.5, 0.6) is 0 Å². The molecule has 1 heterocycles. The maximum atomic E-state index is 4.83. The molecule has 92 valence electrons. The summed E-state index contributed by atoms with van der Waals surface area (Å²) in [7, 11) is 0. The van der Waals surface area contributed by atoms with E-state index in [-0.39, 0.29) is 0 Å². The summed E-state index contributed by atoms with van der Waals surface area (Å²) in [5, 5.41) is 0.344. The van der Waals surface area contributed by atoms with Crippen molar-refractivity contribution >= 4 is 28.7 Å². The molecule has 2 aromatic carbocycles. The Morgan fingerprint density at radius 2 is 1.56 bits per heavy atom. The minimum atomic E-state index is -1.17. The van der Waals surface area contributed by atoms with Crippen LogP contribution in [0.2, 0.25) is 0 Å². The van der Waals surface area contributed by atoms with Crippen LogP contribution in [0.1, 0.15) is 0 Å². The minimum absolute atomic E-state index is 0.870. The van der Waals surface area contributed by atoms with Gasteiger partial charge in [-0.3, -0.25) is 0 Å². The Balaban J connectivity index is 2.70. The molecule has 0 aromatic heterocycles. The third-order valence-electron chi connectivity index (χ3n) is 3.06. The van der Waals surface area contributed by atoms with Crippen molar-refractivity contribution in [3.05, 3.63) is 57.8 Å². The Morgan fingerprint density at radius 3 is 2.33 bits per heavy atom. The Labute approximate surface area is 111 Å². The van der Waals surface area contributed by atoms with Crippen LogP contribution in [-0.2, 0) is 0 Å². The monoisotopic (exact) mass is 317 g/mol. The Hall–Kier alpha value is -0.772. The molecule has 18 heavy (non-hydrogen) atoms. The second kappa shape index (κ2) is 4.41. The van der Waals surface area contributed by atoms with Gasteiger partial charge in [0.25, 0.3) is 0 Å². The van der Waals surface area contributed by atoms with E-state index < -0.39 is 18.6 Å². The van der Waals surface area contributed by atoms with Crippen LogP contribution in [-0.4, -0.2) is 33.3 Å². The molecule has 0 saturated heterocycles. The van der Waals surface area contributed by atoms with E-state index in [9.17, 15) is 0 Å². The van der Waals surface area contributed by atoms with Crippen LogP contribution in [0, 0.1) is 3.95 Å². The van der Waals surface area contributed by atoms with E-state index >= 15 is 0 Å². The van der Waals surface area contributed by atoms with Gasteiger partial charge in [0.1, 0.15) is 0 Å². The SMILES string of the molecule is CP(C)(C)=[As]1=c2ccccc2=Nc2ccccc21. The molecule has 3 rings (SSSR count). The molecular weight excluding hydrogens is 300 g/mol. The average Bonchev–Trinajstić information content (AvgIpc) is 2.34. The predicted octanol–water partition coefficient (Wildman–Crippen LogP) is 2.59. The second-order valence-corrected chi connectivity index (χ2v) is 22.2. The summed E-state index contributed by atoms with van der Waals surface area (Å²) >= 11 is -1.17. The maximum absolute atomic E-state index is 4.83. The van der Waals surface area contributed by atoms with Gasteiger partial charge in [0, 0.05) is 0 Å². The molecule has 2 aromatic rings. The van der Waals surface area contributed by atoms with Gasteiger partial charge in [-0.05, 0) is 0 Å². The zero-order valence-corrected chi connectivity index (χ0v) is 13.7. The van der Waals surface area contributed by atoms with Crippen molar-refractivity contribution < 1.29 is 0 Å². The third-order valence-corrected chi connectivity index (χ3v) is 17.6. The van der Waals surface area contributed by atoms with Gasteiger partial charge in [-0.25, -0.2) is 0 Å². The van der Waals surface area contributed by atoms with Gasteiger partial charge in [0.05, 0.1) is 0 Å². The van der Waals surface area contributed by atoms with Crippen molar-refractivity contribution in [2.24, 2.45) is 4.99 Å². The fourth-order valence-electron chi connectivity index (χ4n) is 2.38. The zero-order valence-electron chi connectivity index (χ0n) is 11.0. The molecular formula is C15H17AsNP. The summed E-state index contributed by atoms with van der Waals surface area (Å²) in [6, 6.07) is 17.5. The molecule has 1 aliphatic rings. The first-order valence-electron chi connectivity index (χ1n) is 6.09. The number of hydrogen-bond acceptors (Lipinski definition) is 1. The Bertz CT molecular complexity index is 815. The van der Waals surface area contributed by atoms with Crippen LogP contribution in [0.4, 0.5) is 5.69 Å². The van der Waals surface area contributed by atoms with Gasteiger partial charge in [-0.1, -0.05) is 0 Å². The molecule has 1 aliphatic heterocycles. The predicted molar refractivity (Wildman–Crippen MR) is 82.6 cm³/mol. The number of fused-ring (bicyclic) bond motifs is 2. The van der Waals surface area contributed by atoms with E-state index in [0.29, 0.717) is 0 Å². The molecule has 0 saturated carbocycles. The van der Waals surface area contributed by atoms with Gasteiger partial charge in [0.2, 0.25) is 0 Å². The first-order chi connectivity index (χ1) is 8.57. The molecule has 1 atom stereocenters. The number of rotatable bonds is 0.